The highest BCUT2D eigenvalue weighted by Gasteiger charge is 2.15. The van der Waals surface area contributed by atoms with Crippen LogP contribution in [0.25, 0.3) is 0 Å². The molecular weight excluding hydrogens is 368 g/mol. The van der Waals surface area contributed by atoms with Crippen molar-refractivity contribution in [1.82, 2.24) is 15.2 Å². The van der Waals surface area contributed by atoms with E-state index in [1.807, 2.05) is 0 Å². The topological polar surface area (TPSA) is 163 Å². The lowest BCUT2D eigenvalue weighted by Gasteiger charge is -2.03. The molecule has 3 N–H and O–H groups in total. The number of hydrogen-bond donors (Lipinski definition) is 2. The summed E-state index contributed by atoms with van der Waals surface area (Å²) in [4.78, 5) is 36.5. The van der Waals surface area contributed by atoms with Crippen LogP contribution in [0.15, 0.2) is 10.5 Å². The first-order valence-electron chi connectivity index (χ1n) is 5.71. The summed E-state index contributed by atoms with van der Waals surface area (Å²) in [5, 5.41) is 20.2. The van der Waals surface area contributed by atoms with Gasteiger partial charge in [0.15, 0.2) is 16.1 Å². The van der Waals surface area contributed by atoms with Gasteiger partial charge < -0.3 is 10.5 Å². The van der Waals surface area contributed by atoms with Crippen molar-refractivity contribution >= 4 is 61.6 Å². The van der Waals surface area contributed by atoms with Crippen LogP contribution >= 0.6 is 34.4 Å². The Hall–Kier alpha value is -2.32. The molecule has 23 heavy (non-hydrogen) atoms. The first-order valence-corrected chi connectivity index (χ1v) is 8.33. The molecule has 0 fully saturated rings. The van der Waals surface area contributed by atoms with Crippen molar-refractivity contribution in [2.24, 2.45) is 0 Å². The molecule has 0 atom stereocenters. The molecule has 1 amide bonds. The third-order valence-electron chi connectivity index (χ3n) is 2.02. The van der Waals surface area contributed by atoms with Gasteiger partial charge in [-0.15, -0.1) is 10.2 Å². The fourth-order valence-electron chi connectivity index (χ4n) is 1.15. The lowest BCUT2D eigenvalue weighted by atomic mass is 10.6. The molecule has 2 rings (SSSR count). The molecule has 0 aromatic carbocycles. The van der Waals surface area contributed by atoms with Gasteiger partial charge in [-0.3, -0.25) is 25.0 Å². The quantitative estimate of drug-likeness (QED) is 0.305. The molecular formula is C9H8N6O5S3. The number of hydrogen-bond acceptors (Lipinski definition) is 12. The zero-order valence-corrected chi connectivity index (χ0v) is 13.6. The summed E-state index contributed by atoms with van der Waals surface area (Å²) >= 11 is 2.92. The minimum absolute atomic E-state index is 0.0510. The number of ether oxygens (including phenoxy) is 1. The SMILES string of the molecule is Nc1nnc(SCC(=O)OCC(=O)Nc2ncc([N+](=O)[O-])s2)s1. The Morgan fingerprint density at radius 2 is 2.22 bits per heavy atom. The molecule has 14 heteroatoms. The van der Waals surface area contributed by atoms with Crippen LogP contribution in [-0.2, 0) is 14.3 Å². The first-order chi connectivity index (χ1) is 10.9. The van der Waals surface area contributed by atoms with E-state index in [1.165, 1.54) is 0 Å². The van der Waals surface area contributed by atoms with E-state index >= 15 is 0 Å². The Balaban J connectivity index is 1.70. The van der Waals surface area contributed by atoms with Gasteiger partial charge >= 0.3 is 11.0 Å². The number of esters is 1. The highest BCUT2D eigenvalue weighted by atomic mass is 32.2. The number of nitrogens with zero attached hydrogens (tertiary/aromatic N) is 4. The number of thiazole rings is 1. The minimum atomic E-state index is -0.646. The van der Waals surface area contributed by atoms with E-state index in [9.17, 15) is 19.7 Å². The fraction of sp³-hybridized carbons (Fsp3) is 0.222. The number of thioether (sulfide) groups is 1. The number of nitrogens with one attached hydrogen (secondary N) is 1. The Bertz CT molecular complexity index is 731. The predicted molar refractivity (Wildman–Crippen MR) is 83.4 cm³/mol. The molecule has 0 aliphatic carbocycles. The van der Waals surface area contributed by atoms with Gasteiger partial charge in [-0.2, -0.15) is 0 Å². The Morgan fingerprint density at radius 3 is 2.83 bits per heavy atom. The molecule has 2 aromatic heterocycles. The summed E-state index contributed by atoms with van der Waals surface area (Å²) < 4.78 is 5.27. The summed E-state index contributed by atoms with van der Waals surface area (Å²) in [6, 6.07) is 0. The van der Waals surface area contributed by atoms with Gasteiger partial charge in [0.2, 0.25) is 5.13 Å². The van der Waals surface area contributed by atoms with Gasteiger partial charge in [0.1, 0.15) is 6.20 Å². The lowest BCUT2D eigenvalue weighted by Crippen LogP contribution is -2.21. The summed E-state index contributed by atoms with van der Waals surface area (Å²) in [5.41, 5.74) is 5.39. The first kappa shape index (κ1) is 17.0. The van der Waals surface area contributed by atoms with Crippen LogP contribution in [0.5, 0.6) is 0 Å². The van der Waals surface area contributed by atoms with Crippen molar-refractivity contribution in [2.75, 3.05) is 23.4 Å². The van der Waals surface area contributed by atoms with Crippen LogP contribution in [0.2, 0.25) is 0 Å². The molecule has 0 aliphatic rings. The van der Waals surface area contributed by atoms with E-state index in [0.29, 0.717) is 15.7 Å². The average molecular weight is 376 g/mol. The van der Waals surface area contributed by atoms with Gasteiger partial charge in [-0.25, -0.2) is 4.98 Å². The molecule has 0 spiro atoms. The number of aromatic nitrogens is 3. The zero-order valence-electron chi connectivity index (χ0n) is 11.1. The second-order valence-corrected chi connectivity index (χ2v) is 6.91. The number of nitro groups is 1. The molecule has 2 heterocycles. The molecule has 0 unspecified atom stereocenters. The monoisotopic (exact) mass is 376 g/mol. The maximum atomic E-state index is 11.5. The van der Waals surface area contributed by atoms with Gasteiger partial charge in [-0.05, 0) is 11.3 Å². The Kier molecular flexibility index (Phi) is 5.78. The second-order valence-electron chi connectivity index (χ2n) is 3.66. The standard InChI is InChI=1S/C9H8N6O5S3/c10-7-13-14-9(23-7)21-3-6(17)20-2-4(16)12-8-11-1-5(22-8)15(18)19/h1H,2-3H2,(H2,10,13)(H,11,12,16). The smallest absolute Gasteiger partial charge is 0.345 e. The predicted octanol–water partition coefficient (Wildman–Crippen LogP) is 0.759. The number of amides is 1. The van der Waals surface area contributed by atoms with E-state index in [4.69, 9.17) is 10.5 Å². The molecule has 0 aliphatic heterocycles. The largest absolute Gasteiger partial charge is 0.455 e. The van der Waals surface area contributed by atoms with Crippen molar-refractivity contribution < 1.29 is 19.2 Å². The van der Waals surface area contributed by atoms with Crippen molar-refractivity contribution in [3.05, 3.63) is 16.3 Å². The van der Waals surface area contributed by atoms with Crippen LogP contribution in [-0.4, -0.2) is 44.3 Å². The van der Waals surface area contributed by atoms with Gasteiger partial charge in [0, 0.05) is 0 Å². The average Bonchev–Trinajstić information content (AvgIpc) is 3.12. The molecule has 0 saturated carbocycles. The van der Waals surface area contributed by atoms with Crippen LogP contribution in [0, 0.1) is 10.1 Å². The van der Waals surface area contributed by atoms with Crippen LogP contribution in [0.4, 0.5) is 15.3 Å². The maximum Gasteiger partial charge on any atom is 0.345 e. The number of nitrogens with two attached hydrogens (primary N) is 1. The van der Waals surface area contributed by atoms with Crippen molar-refractivity contribution in [2.45, 2.75) is 4.34 Å². The van der Waals surface area contributed by atoms with E-state index in [0.717, 1.165) is 29.3 Å². The molecule has 122 valence electrons. The van der Waals surface area contributed by atoms with Gasteiger partial charge in [0.05, 0.1) is 10.7 Å². The minimum Gasteiger partial charge on any atom is -0.455 e. The maximum absolute atomic E-state index is 11.5. The van der Waals surface area contributed by atoms with E-state index in [-0.39, 0.29) is 21.0 Å². The number of nitrogen functional groups attached to an aromatic ring is 1. The summed E-state index contributed by atoms with van der Waals surface area (Å²) in [6.07, 6.45) is 1.02. The third kappa shape index (κ3) is 5.42. The number of carbonyl (C=O) groups excluding carboxylic acids is 2. The van der Waals surface area contributed by atoms with Crippen LogP contribution < -0.4 is 11.1 Å². The summed E-state index contributed by atoms with van der Waals surface area (Å²) in [6.45, 7) is -0.523. The Morgan fingerprint density at radius 1 is 1.43 bits per heavy atom. The fourth-order valence-corrected chi connectivity index (χ4v) is 3.23. The second kappa shape index (κ2) is 7.80. The van der Waals surface area contributed by atoms with Gasteiger partial charge in [0.25, 0.3) is 5.91 Å². The molecule has 2 aromatic rings. The normalized spacial score (nSPS) is 10.3. The summed E-state index contributed by atoms with van der Waals surface area (Å²) in [5.74, 6) is -1.32. The zero-order chi connectivity index (χ0) is 16.8. The third-order valence-corrected chi connectivity index (χ3v) is 4.74. The van der Waals surface area contributed by atoms with E-state index in [1.54, 1.807) is 0 Å². The van der Waals surface area contributed by atoms with Crippen LogP contribution in [0.3, 0.4) is 0 Å². The lowest BCUT2D eigenvalue weighted by molar-refractivity contribution is -0.380. The van der Waals surface area contributed by atoms with Crippen molar-refractivity contribution in [3.63, 3.8) is 0 Å². The number of anilines is 2. The van der Waals surface area contributed by atoms with Crippen molar-refractivity contribution in [3.8, 4) is 0 Å². The molecule has 0 bridgehead atoms. The van der Waals surface area contributed by atoms with E-state index < -0.39 is 23.4 Å². The summed E-state index contributed by atoms with van der Waals surface area (Å²) in [7, 11) is 0. The molecule has 0 radical (unpaired) electrons. The molecule has 11 nitrogen and oxygen atoms in total. The van der Waals surface area contributed by atoms with Crippen molar-refractivity contribution in [1.29, 1.82) is 0 Å². The van der Waals surface area contributed by atoms with Crippen LogP contribution in [0.1, 0.15) is 0 Å². The molecule has 0 saturated heterocycles. The van der Waals surface area contributed by atoms with E-state index in [2.05, 4.69) is 20.5 Å². The van der Waals surface area contributed by atoms with Gasteiger partial charge in [-0.1, -0.05) is 23.1 Å². The highest BCUT2D eigenvalue weighted by molar-refractivity contribution is 8.01. The highest BCUT2D eigenvalue weighted by Crippen LogP contribution is 2.25. The number of rotatable bonds is 7. The Labute approximate surface area is 140 Å². The number of carbonyl (C=O) groups is 2.